The number of hydrogen-bond donors (Lipinski definition) is 2. The summed E-state index contributed by atoms with van der Waals surface area (Å²) in [5.74, 6) is 0.419. The van der Waals surface area contributed by atoms with Gasteiger partial charge in [-0.15, -0.1) is 0 Å². The molecule has 1 atom stereocenters. The van der Waals surface area contributed by atoms with E-state index in [2.05, 4.69) is 10.2 Å². The summed E-state index contributed by atoms with van der Waals surface area (Å²) >= 11 is 0. The van der Waals surface area contributed by atoms with Crippen LogP contribution in [0.15, 0.2) is 0 Å². The van der Waals surface area contributed by atoms with E-state index in [0.29, 0.717) is 12.5 Å². The number of nitrogens with one attached hydrogen (secondary N) is 1. The Labute approximate surface area is 98.0 Å². The SMILES string of the molecule is CC(C)(C)NC(=O)CN1CCC[C@@H](CO)C1. The minimum absolute atomic E-state index is 0.0751. The second-order valence-electron chi connectivity index (χ2n) is 5.72. The number of likely N-dealkylation sites (tertiary alicyclic amines) is 1. The molecular formula is C12H24N2O2. The predicted molar refractivity (Wildman–Crippen MR) is 64.1 cm³/mol. The van der Waals surface area contributed by atoms with Crippen molar-refractivity contribution in [1.29, 1.82) is 0 Å². The molecule has 0 spiro atoms. The lowest BCUT2D eigenvalue weighted by Gasteiger charge is -2.32. The number of carbonyl (C=O) groups excluding carboxylic acids is 1. The number of rotatable bonds is 3. The average molecular weight is 228 g/mol. The fraction of sp³-hybridized carbons (Fsp3) is 0.917. The first-order chi connectivity index (χ1) is 7.40. The predicted octanol–water partition coefficient (Wildman–Crippen LogP) is 0.605. The van der Waals surface area contributed by atoms with Crippen LogP contribution in [-0.2, 0) is 4.79 Å². The molecule has 1 fully saturated rings. The van der Waals surface area contributed by atoms with Gasteiger partial charge in [0, 0.05) is 18.7 Å². The molecule has 1 aliphatic heterocycles. The molecule has 0 aliphatic carbocycles. The molecule has 0 saturated carbocycles. The van der Waals surface area contributed by atoms with Gasteiger partial charge in [0.1, 0.15) is 0 Å². The van der Waals surface area contributed by atoms with Crippen molar-refractivity contribution < 1.29 is 9.90 Å². The Balaban J connectivity index is 2.33. The third-order valence-electron chi connectivity index (χ3n) is 2.74. The van der Waals surface area contributed by atoms with Gasteiger partial charge in [-0.2, -0.15) is 0 Å². The van der Waals surface area contributed by atoms with Gasteiger partial charge >= 0.3 is 0 Å². The maximum absolute atomic E-state index is 11.7. The molecule has 1 heterocycles. The summed E-state index contributed by atoms with van der Waals surface area (Å²) in [5, 5.41) is 12.1. The van der Waals surface area contributed by atoms with Gasteiger partial charge in [-0.3, -0.25) is 9.69 Å². The molecule has 0 aromatic rings. The van der Waals surface area contributed by atoms with Crippen LogP contribution in [0, 0.1) is 5.92 Å². The number of hydrogen-bond acceptors (Lipinski definition) is 3. The van der Waals surface area contributed by atoms with Crippen LogP contribution >= 0.6 is 0 Å². The van der Waals surface area contributed by atoms with Crippen molar-refractivity contribution in [2.45, 2.75) is 39.2 Å². The zero-order valence-corrected chi connectivity index (χ0v) is 10.6. The van der Waals surface area contributed by atoms with Gasteiger partial charge in [0.05, 0.1) is 6.54 Å². The van der Waals surface area contributed by atoms with Crippen LogP contribution in [0.1, 0.15) is 33.6 Å². The van der Waals surface area contributed by atoms with Crippen LogP contribution in [0.4, 0.5) is 0 Å². The number of amides is 1. The van der Waals surface area contributed by atoms with Crippen LogP contribution in [0.3, 0.4) is 0 Å². The van der Waals surface area contributed by atoms with E-state index < -0.39 is 0 Å². The van der Waals surface area contributed by atoms with Gasteiger partial charge in [-0.1, -0.05) is 0 Å². The summed E-state index contributed by atoms with van der Waals surface area (Å²) in [7, 11) is 0. The van der Waals surface area contributed by atoms with Gasteiger partial charge in [0.25, 0.3) is 0 Å². The van der Waals surface area contributed by atoms with Crippen LogP contribution in [0.5, 0.6) is 0 Å². The van der Waals surface area contributed by atoms with Gasteiger partial charge < -0.3 is 10.4 Å². The van der Waals surface area contributed by atoms with Crippen molar-refractivity contribution in [1.82, 2.24) is 10.2 Å². The van der Waals surface area contributed by atoms with E-state index in [1.165, 1.54) is 0 Å². The molecule has 4 nitrogen and oxygen atoms in total. The second-order valence-corrected chi connectivity index (χ2v) is 5.72. The number of aliphatic hydroxyl groups is 1. The summed E-state index contributed by atoms with van der Waals surface area (Å²) in [6.45, 7) is 8.44. The van der Waals surface area contributed by atoms with E-state index >= 15 is 0 Å². The van der Waals surface area contributed by atoms with Gasteiger partial charge in [0.15, 0.2) is 0 Å². The van der Waals surface area contributed by atoms with Gasteiger partial charge in [0.2, 0.25) is 5.91 Å². The molecule has 94 valence electrons. The lowest BCUT2D eigenvalue weighted by atomic mass is 9.99. The Hall–Kier alpha value is -0.610. The van der Waals surface area contributed by atoms with Crippen LogP contribution in [-0.4, -0.2) is 47.7 Å². The van der Waals surface area contributed by atoms with E-state index in [1.807, 2.05) is 20.8 Å². The lowest BCUT2D eigenvalue weighted by Crippen LogP contribution is -2.48. The molecule has 0 radical (unpaired) electrons. The molecule has 0 bridgehead atoms. The fourth-order valence-electron chi connectivity index (χ4n) is 2.10. The first-order valence-electron chi connectivity index (χ1n) is 6.05. The third-order valence-corrected chi connectivity index (χ3v) is 2.74. The van der Waals surface area contributed by atoms with Crippen molar-refractivity contribution in [3.63, 3.8) is 0 Å². The summed E-state index contributed by atoms with van der Waals surface area (Å²) in [6, 6.07) is 0. The molecule has 4 heteroatoms. The largest absolute Gasteiger partial charge is 0.396 e. The van der Waals surface area contributed by atoms with E-state index in [4.69, 9.17) is 5.11 Å². The molecule has 0 aromatic carbocycles. The molecule has 1 aliphatic rings. The Bertz CT molecular complexity index is 236. The molecule has 0 unspecified atom stereocenters. The maximum atomic E-state index is 11.7. The highest BCUT2D eigenvalue weighted by Crippen LogP contribution is 2.15. The highest BCUT2D eigenvalue weighted by molar-refractivity contribution is 5.78. The van der Waals surface area contributed by atoms with Crippen molar-refractivity contribution in [2.24, 2.45) is 5.92 Å². The highest BCUT2D eigenvalue weighted by Gasteiger charge is 2.22. The minimum atomic E-state index is -0.163. The topological polar surface area (TPSA) is 52.6 Å². The summed E-state index contributed by atoms with van der Waals surface area (Å²) in [4.78, 5) is 13.8. The second kappa shape index (κ2) is 5.64. The number of aliphatic hydroxyl groups excluding tert-OH is 1. The number of piperidine rings is 1. The van der Waals surface area contributed by atoms with Crippen LogP contribution in [0.25, 0.3) is 0 Å². The first kappa shape index (κ1) is 13.5. The standard InChI is InChI=1S/C12H24N2O2/c1-12(2,3)13-11(16)8-14-6-4-5-10(7-14)9-15/h10,15H,4-9H2,1-3H3,(H,13,16)/t10-/m1/s1. The Kier molecular flexibility index (Phi) is 4.74. The quantitative estimate of drug-likeness (QED) is 0.744. The zero-order valence-electron chi connectivity index (χ0n) is 10.6. The maximum Gasteiger partial charge on any atom is 0.234 e. The van der Waals surface area contributed by atoms with Crippen molar-refractivity contribution in [2.75, 3.05) is 26.2 Å². The van der Waals surface area contributed by atoms with E-state index in [9.17, 15) is 4.79 Å². The summed E-state index contributed by atoms with van der Waals surface area (Å²) < 4.78 is 0. The molecule has 0 aromatic heterocycles. The Morgan fingerprint density at radius 1 is 1.50 bits per heavy atom. The van der Waals surface area contributed by atoms with Crippen molar-refractivity contribution in [3.8, 4) is 0 Å². The third kappa shape index (κ3) is 4.94. The summed E-state index contributed by atoms with van der Waals surface area (Å²) in [5.41, 5.74) is -0.163. The monoisotopic (exact) mass is 228 g/mol. The average Bonchev–Trinajstić information content (AvgIpc) is 2.15. The number of nitrogens with zero attached hydrogens (tertiary/aromatic N) is 1. The minimum Gasteiger partial charge on any atom is -0.396 e. The van der Waals surface area contributed by atoms with Crippen LogP contribution in [0.2, 0.25) is 0 Å². The Morgan fingerprint density at radius 2 is 2.19 bits per heavy atom. The fourth-order valence-corrected chi connectivity index (χ4v) is 2.10. The summed E-state index contributed by atoms with van der Waals surface area (Å²) in [6.07, 6.45) is 2.15. The zero-order chi connectivity index (χ0) is 12.2. The molecule has 2 N–H and O–H groups in total. The Morgan fingerprint density at radius 3 is 2.75 bits per heavy atom. The van der Waals surface area contributed by atoms with E-state index in [0.717, 1.165) is 25.9 Å². The smallest absolute Gasteiger partial charge is 0.234 e. The van der Waals surface area contributed by atoms with E-state index in [1.54, 1.807) is 0 Å². The lowest BCUT2D eigenvalue weighted by molar-refractivity contribution is -0.124. The molecule has 1 amide bonds. The molecule has 1 saturated heterocycles. The van der Waals surface area contributed by atoms with Gasteiger partial charge in [-0.25, -0.2) is 0 Å². The first-order valence-corrected chi connectivity index (χ1v) is 6.05. The molecule has 16 heavy (non-hydrogen) atoms. The van der Waals surface area contributed by atoms with E-state index in [-0.39, 0.29) is 18.1 Å². The van der Waals surface area contributed by atoms with Crippen molar-refractivity contribution in [3.05, 3.63) is 0 Å². The normalized spacial score (nSPS) is 23.1. The molecule has 1 rings (SSSR count). The van der Waals surface area contributed by atoms with Crippen molar-refractivity contribution >= 4 is 5.91 Å². The highest BCUT2D eigenvalue weighted by atomic mass is 16.3. The van der Waals surface area contributed by atoms with Gasteiger partial charge in [-0.05, 0) is 46.1 Å². The van der Waals surface area contributed by atoms with Crippen LogP contribution < -0.4 is 5.32 Å². The number of carbonyl (C=O) groups is 1. The molecular weight excluding hydrogens is 204 g/mol.